The summed E-state index contributed by atoms with van der Waals surface area (Å²) >= 11 is 5.46. The molecule has 0 aliphatic carbocycles. The maximum Gasteiger partial charge on any atom is 0.221 e. The molecule has 0 saturated carbocycles. The molecule has 0 aromatic carbocycles. The van der Waals surface area contributed by atoms with Crippen LogP contribution >= 0.6 is 11.6 Å². The molecule has 1 heterocycles. The number of nitrogens with one attached hydrogen (secondary N) is 1. The first-order valence-electron chi connectivity index (χ1n) is 5.73. The molecule has 0 radical (unpaired) electrons. The summed E-state index contributed by atoms with van der Waals surface area (Å²) in [7, 11) is 0. The van der Waals surface area contributed by atoms with Gasteiger partial charge in [0.2, 0.25) is 5.91 Å². The number of ether oxygens (including phenoxy) is 1. The van der Waals surface area contributed by atoms with E-state index in [0.717, 1.165) is 32.1 Å². The molecule has 4 heteroatoms. The molecule has 1 aliphatic rings. The topological polar surface area (TPSA) is 38.3 Å². The minimum Gasteiger partial charge on any atom is -0.381 e. The monoisotopic (exact) mass is 233 g/mol. The number of hydrogen-bond acceptors (Lipinski definition) is 2. The second-order valence-electron chi connectivity index (χ2n) is 3.99. The van der Waals surface area contributed by atoms with Gasteiger partial charge in [0.1, 0.15) is 0 Å². The lowest BCUT2D eigenvalue weighted by molar-refractivity contribution is -0.120. The quantitative estimate of drug-likeness (QED) is 0.563. The van der Waals surface area contributed by atoms with Crippen molar-refractivity contribution in [1.29, 1.82) is 0 Å². The molecular weight excluding hydrogens is 214 g/mol. The summed E-state index contributed by atoms with van der Waals surface area (Å²) in [5.74, 6) is 1.27. The van der Waals surface area contributed by atoms with E-state index in [0.29, 0.717) is 12.3 Å². The number of alkyl halides is 1. The van der Waals surface area contributed by atoms with Gasteiger partial charge in [-0.3, -0.25) is 4.79 Å². The second-order valence-corrected chi connectivity index (χ2v) is 4.36. The van der Waals surface area contributed by atoms with E-state index in [-0.39, 0.29) is 5.91 Å². The van der Waals surface area contributed by atoms with E-state index < -0.39 is 0 Å². The van der Waals surface area contributed by atoms with Crippen LogP contribution < -0.4 is 5.32 Å². The summed E-state index contributed by atoms with van der Waals surface area (Å²) in [6.07, 6.45) is 5.05. The van der Waals surface area contributed by atoms with Crippen LogP contribution in [0.25, 0.3) is 0 Å². The van der Waals surface area contributed by atoms with Crippen LogP contribution in [0.3, 0.4) is 0 Å². The Bertz CT molecular complexity index is 181. The molecule has 1 saturated heterocycles. The fourth-order valence-electron chi connectivity index (χ4n) is 1.83. The van der Waals surface area contributed by atoms with Crippen molar-refractivity contribution in [3.05, 3.63) is 0 Å². The lowest BCUT2D eigenvalue weighted by Crippen LogP contribution is -2.25. The smallest absolute Gasteiger partial charge is 0.221 e. The van der Waals surface area contributed by atoms with Crippen molar-refractivity contribution in [1.82, 2.24) is 5.32 Å². The number of carbonyl (C=O) groups excluding carboxylic acids is 1. The van der Waals surface area contributed by atoms with E-state index in [1.54, 1.807) is 0 Å². The standard InChI is InChI=1S/C11H20ClNO2/c12-6-3-11(14)13-7-1-2-10-4-8-15-9-5-10/h10H,1-9H2,(H,13,14). The molecule has 0 bridgehead atoms. The van der Waals surface area contributed by atoms with Crippen LogP contribution in [0.1, 0.15) is 32.1 Å². The van der Waals surface area contributed by atoms with Gasteiger partial charge in [0.05, 0.1) is 0 Å². The van der Waals surface area contributed by atoms with Gasteiger partial charge in [-0.05, 0) is 31.6 Å². The number of rotatable bonds is 6. The van der Waals surface area contributed by atoms with E-state index in [1.165, 1.54) is 19.3 Å². The SMILES string of the molecule is O=C(CCCl)NCCCC1CCOCC1. The zero-order chi connectivity index (χ0) is 10.9. The first kappa shape index (κ1) is 12.8. The van der Waals surface area contributed by atoms with E-state index >= 15 is 0 Å². The van der Waals surface area contributed by atoms with Gasteiger partial charge in [-0.2, -0.15) is 0 Å². The van der Waals surface area contributed by atoms with E-state index in [9.17, 15) is 4.79 Å². The van der Waals surface area contributed by atoms with Crippen LogP contribution in [0.4, 0.5) is 0 Å². The maximum absolute atomic E-state index is 11.1. The minimum atomic E-state index is 0.0666. The van der Waals surface area contributed by atoms with Crippen LogP contribution in [0.5, 0.6) is 0 Å². The highest BCUT2D eigenvalue weighted by Gasteiger charge is 2.12. The average molecular weight is 234 g/mol. The lowest BCUT2D eigenvalue weighted by atomic mass is 9.95. The van der Waals surface area contributed by atoms with Crippen LogP contribution in [0.2, 0.25) is 0 Å². The molecule has 88 valence electrons. The van der Waals surface area contributed by atoms with Crippen molar-refractivity contribution < 1.29 is 9.53 Å². The molecule has 0 aromatic heterocycles. The van der Waals surface area contributed by atoms with Gasteiger partial charge >= 0.3 is 0 Å². The first-order chi connectivity index (χ1) is 7.33. The minimum absolute atomic E-state index is 0.0666. The highest BCUT2D eigenvalue weighted by atomic mass is 35.5. The predicted molar refractivity (Wildman–Crippen MR) is 61.1 cm³/mol. The molecule has 0 unspecified atom stereocenters. The Hall–Kier alpha value is -0.280. The third kappa shape index (κ3) is 6.00. The van der Waals surface area contributed by atoms with Crippen molar-refractivity contribution in [2.45, 2.75) is 32.1 Å². The molecule has 0 atom stereocenters. The summed E-state index contributed by atoms with van der Waals surface area (Å²) in [5.41, 5.74) is 0. The predicted octanol–water partition coefficient (Wildman–Crippen LogP) is 1.94. The highest BCUT2D eigenvalue weighted by Crippen LogP contribution is 2.19. The van der Waals surface area contributed by atoms with Gasteiger partial charge in [-0.25, -0.2) is 0 Å². The van der Waals surface area contributed by atoms with Gasteiger partial charge in [0, 0.05) is 32.1 Å². The number of hydrogen-bond donors (Lipinski definition) is 1. The molecule has 3 nitrogen and oxygen atoms in total. The Morgan fingerprint density at radius 3 is 2.80 bits per heavy atom. The third-order valence-electron chi connectivity index (χ3n) is 2.77. The zero-order valence-corrected chi connectivity index (χ0v) is 9.89. The fourth-order valence-corrected chi connectivity index (χ4v) is 2.00. The van der Waals surface area contributed by atoms with Crippen molar-refractivity contribution in [2.24, 2.45) is 5.92 Å². The van der Waals surface area contributed by atoms with Crippen molar-refractivity contribution in [3.8, 4) is 0 Å². The van der Waals surface area contributed by atoms with Gasteiger partial charge < -0.3 is 10.1 Å². The first-order valence-corrected chi connectivity index (χ1v) is 6.27. The van der Waals surface area contributed by atoms with Crippen LogP contribution in [0.15, 0.2) is 0 Å². The Morgan fingerprint density at radius 1 is 1.40 bits per heavy atom. The summed E-state index contributed by atoms with van der Waals surface area (Å²) in [5, 5.41) is 2.87. The van der Waals surface area contributed by atoms with E-state index in [2.05, 4.69) is 5.32 Å². The zero-order valence-electron chi connectivity index (χ0n) is 9.14. The summed E-state index contributed by atoms with van der Waals surface area (Å²) in [6.45, 7) is 2.60. The molecular formula is C11H20ClNO2. The molecule has 1 amide bonds. The van der Waals surface area contributed by atoms with Crippen LogP contribution in [0, 0.1) is 5.92 Å². The second kappa shape index (κ2) is 7.94. The number of amides is 1. The maximum atomic E-state index is 11.1. The van der Waals surface area contributed by atoms with Crippen molar-refractivity contribution in [3.63, 3.8) is 0 Å². The number of carbonyl (C=O) groups is 1. The molecule has 0 spiro atoms. The van der Waals surface area contributed by atoms with Gasteiger partial charge in [-0.1, -0.05) is 0 Å². The van der Waals surface area contributed by atoms with E-state index in [1.807, 2.05) is 0 Å². The molecule has 15 heavy (non-hydrogen) atoms. The van der Waals surface area contributed by atoms with Gasteiger partial charge in [0.15, 0.2) is 0 Å². The van der Waals surface area contributed by atoms with Crippen LogP contribution in [-0.2, 0) is 9.53 Å². The van der Waals surface area contributed by atoms with Gasteiger partial charge in [-0.15, -0.1) is 11.6 Å². The highest BCUT2D eigenvalue weighted by molar-refractivity contribution is 6.18. The average Bonchev–Trinajstić information content (AvgIpc) is 2.26. The van der Waals surface area contributed by atoms with Crippen molar-refractivity contribution in [2.75, 3.05) is 25.6 Å². The van der Waals surface area contributed by atoms with E-state index in [4.69, 9.17) is 16.3 Å². The summed E-state index contributed by atoms with van der Waals surface area (Å²) < 4.78 is 5.29. The largest absolute Gasteiger partial charge is 0.381 e. The Labute approximate surface area is 96.5 Å². The molecule has 1 N–H and O–H groups in total. The van der Waals surface area contributed by atoms with Crippen molar-refractivity contribution >= 4 is 17.5 Å². The van der Waals surface area contributed by atoms with Gasteiger partial charge in [0.25, 0.3) is 0 Å². The molecule has 1 aliphatic heterocycles. The third-order valence-corrected chi connectivity index (χ3v) is 2.96. The lowest BCUT2D eigenvalue weighted by Gasteiger charge is -2.21. The summed E-state index contributed by atoms with van der Waals surface area (Å²) in [4.78, 5) is 11.1. The van der Waals surface area contributed by atoms with Crippen LogP contribution in [-0.4, -0.2) is 31.5 Å². The normalized spacial score (nSPS) is 17.7. The Balaban J connectivity index is 1.93. The molecule has 1 rings (SSSR count). The Kier molecular flexibility index (Phi) is 6.77. The molecule has 0 aromatic rings. The molecule has 1 fully saturated rings. The number of halogens is 1. The summed E-state index contributed by atoms with van der Waals surface area (Å²) in [6, 6.07) is 0. The Morgan fingerprint density at radius 2 is 2.13 bits per heavy atom. The fraction of sp³-hybridized carbons (Fsp3) is 0.909.